The van der Waals surface area contributed by atoms with Crippen molar-refractivity contribution in [3.63, 3.8) is 0 Å². The maximum absolute atomic E-state index is 16.3. The average Bonchev–Trinajstić information content (AvgIpc) is 3.15. The lowest BCUT2D eigenvalue weighted by atomic mass is 9.45. The van der Waals surface area contributed by atoms with E-state index in [2.05, 4.69) is 98.2 Å². The molecule has 14 unspecified atom stereocenters. The average molecular weight is 1230 g/mol. The van der Waals surface area contributed by atoms with E-state index in [4.69, 9.17) is 28.0 Å². The summed E-state index contributed by atoms with van der Waals surface area (Å²) >= 11 is 0. The van der Waals surface area contributed by atoms with Gasteiger partial charge in [0.1, 0.15) is 17.8 Å². The molecular weight excluding hydrogens is 1170 g/mol. The third-order valence-corrected chi connectivity index (χ3v) is 108. The number of Topliss-reactive ketones (excluding diaryl/α,β-unsaturated/α-hetero) is 1. The maximum Gasteiger partial charge on any atom is 0.338 e. The van der Waals surface area contributed by atoms with Gasteiger partial charge in [0.25, 0.3) is 0 Å². The van der Waals surface area contributed by atoms with E-state index >= 15 is 4.79 Å². The third kappa shape index (κ3) is 11.7. The Morgan fingerprint density at radius 3 is 1.84 bits per heavy atom. The first-order chi connectivity index (χ1) is 28.7. The minimum Gasteiger partial charge on any atom is -0.455 e. The quantitative estimate of drug-likeness (QED) is 0.102. The van der Waals surface area contributed by atoms with Crippen LogP contribution in [0.15, 0.2) is 41.7 Å². The number of benzene rings is 1. The molecule has 11 nitrogen and oxygen atoms in total. The van der Waals surface area contributed by atoms with Gasteiger partial charge in [-0.15, -0.1) is 89.3 Å². The van der Waals surface area contributed by atoms with Crippen molar-refractivity contribution in [2.45, 2.75) is 90.0 Å². The van der Waals surface area contributed by atoms with Gasteiger partial charge in [-0.25, -0.2) is 4.79 Å². The SMILES string of the molecule is CC(=O)OC1=C2C(C)[C@@H](OP(P)P(P(P)P)P(P(P)P)P(P)P)C[C@@](O)([C@@H](OC(=O)c3ccccc3)[C@@H]3[C@]4(OC(C)=O)CO[C@@H]4C[C@H](OP(P(P)P)P(P)P)[C@@]3(C)C1=O)C2(C)C. The lowest BCUT2D eigenvalue weighted by Gasteiger charge is -2.67. The molecule has 1 heterocycles. The van der Waals surface area contributed by atoms with Gasteiger partial charge in [-0.3, -0.25) is 14.4 Å². The van der Waals surface area contributed by atoms with Crippen molar-refractivity contribution in [1.82, 2.24) is 0 Å². The highest BCUT2D eigenvalue weighted by atomic mass is 33.3. The molecule has 1 aromatic rings. The van der Waals surface area contributed by atoms with Crippen LogP contribution in [0.5, 0.6) is 0 Å². The second kappa shape index (κ2) is 23.8. The summed E-state index contributed by atoms with van der Waals surface area (Å²) in [6.07, 6.45) is -3.81. The monoisotopic (exact) mass is 1230 g/mol. The molecule has 0 amide bonds. The van der Waals surface area contributed by atoms with E-state index in [1.165, 1.54) is 13.8 Å². The van der Waals surface area contributed by atoms with Crippen molar-refractivity contribution in [3.05, 3.63) is 47.2 Å². The number of carbonyl (C=O) groups is 4. The number of esters is 3. The zero-order valence-corrected chi connectivity index (χ0v) is 55.6. The zero-order valence-electron chi connectivity index (χ0n) is 34.9. The summed E-state index contributed by atoms with van der Waals surface area (Å²) in [4.78, 5) is 57.6. The number of allylic oxidation sites excluding steroid dienone is 1. The Morgan fingerprint density at radius 2 is 1.37 bits per heavy atom. The highest BCUT2D eigenvalue weighted by Crippen LogP contribution is 3.21. The van der Waals surface area contributed by atoms with E-state index in [-0.39, 0.29) is 30.8 Å². The molecule has 0 radical (unpaired) electrons. The standard InChI is InChI=1S/C31H58O11P20/c1-15-19(41-54(43)61(58(48)49)62(59(50)51)60(52)53)13-31(36)26(39-27(35)18-10-8-7-9-11-18)24-29(6,25(34)23(38-16(2)32)22(15)28(31,4)5)20(42-55(56(44)45)57(46)47)12-21-30(24,14-37-21)40-17(3)33/h7-11,15,19-21,24,26,36H,12-14,43-53H2,1-6H3/t15?,19-,20-,21+,24-,26-,29+,30-,31+,54?,61?/m0/s1. The first kappa shape index (κ1) is 58.4. The van der Waals surface area contributed by atoms with Crippen LogP contribution in [0.2, 0.25) is 0 Å². The summed E-state index contributed by atoms with van der Waals surface area (Å²) in [5, 5.41) is 14.2. The maximum atomic E-state index is 16.3. The number of hydrogen-bond donors (Lipinski definition) is 1. The molecule has 31 heteroatoms. The van der Waals surface area contributed by atoms with Crippen LogP contribution < -0.4 is 0 Å². The van der Waals surface area contributed by atoms with Crippen LogP contribution >= 0.6 is 162 Å². The van der Waals surface area contributed by atoms with Gasteiger partial charge in [0.2, 0.25) is 5.78 Å². The number of aliphatic hydroxyl groups is 1. The summed E-state index contributed by atoms with van der Waals surface area (Å²) in [5.41, 5.74) is -6.06. The van der Waals surface area contributed by atoms with Crippen LogP contribution in [-0.4, -0.2) is 71.0 Å². The van der Waals surface area contributed by atoms with Crippen LogP contribution in [0, 0.1) is 22.7 Å². The molecule has 22 atom stereocenters. The fourth-order valence-electron chi connectivity index (χ4n) is 9.24. The van der Waals surface area contributed by atoms with Gasteiger partial charge < -0.3 is 33.1 Å². The lowest BCUT2D eigenvalue weighted by molar-refractivity contribution is -0.342. The summed E-state index contributed by atoms with van der Waals surface area (Å²) in [6.45, 7) is 5.41. The summed E-state index contributed by atoms with van der Waals surface area (Å²) in [7, 11) is 30.2. The Bertz CT molecular complexity index is 1860. The van der Waals surface area contributed by atoms with Gasteiger partial charge in [-0.1, -0.05) is 47.9 Å². The van der Waals surface area contributed by atoms with E-state index in [0.29, 0.717) is 5.57 Å². The Balaban J connectivity index is 1.88. The molecule has 1 aliphatic heterocycles. The highest BCUT2D eigenvalue weighted by Gasteiger charge is 2.78. The van der Waals surface area contributed by atoms with Gasteiger partial charge in [0, 0.05) is 45.0 Å². The first-order valence-electron chi connectivity index (χ1n) is 18.7. The van der Waals surface area contributed by atoms with Crippen molar-refractivity contribution in [1.29, 1.82) is 0 Å². The number of ether oxygens (including phenoxy) is 4. The van der Waals surface area contributed by atoms with E-state index in [0.717, 1.165) is 0 Å². The van der Waals surface area contributed by atoms with E-state index in [1.54, 1.807) is 51.1 Å². The molecule has 5 rings (SSSR count). The number of hydrogen-bond acceptors (Lipinski definition) is 11. The Morgan fingerprint density at radius 1 is 0.806 bits per heavy atom. The number of carbonyl (C=O) groups excluding carboxylic acids is 4. The highest BCUT2D eigenvalue weighted by molar-refractivity contribution is 9.24. The fraction of sp³-hybridized carbons (Fsp3) is 0.613. The van der Waals surface area contributed by atoms with Crippen molar-refractivity contribution >= 4 is 186 Å². The van der Waals surface area contributed by atoms with Crippen molar-refractivity contribution in [3.8, 4) is 0 Å². The number of ketones is 1. The van der Waals surface area contributed by atoms with Crippen LogP contribution in [0.3, 0.4) is 0 Å². The summed E-state index contributed by atoms with van der Waals surface area (Å²) in [6, 6.07) is 8.50. The molecule has 2 saturated carbocycles. The Kier molecular flexibility index (Phi) is 22.4. The fourth-order valence-corrected chi connectivity index (χ4v) is 172. The molecule has 3 aliphatic carbocycles. The summed E-state index contributed by atoms with van der Waals surface area (Å²) in [5.74, 6) is -4.63. The van der Waals surface area contributed by atoms with Crippen LogP contribution in [0.25, 0.3) is 0 Å². The normalized spacial score (nSPS) is 33.0. The molecule has 3 fully saturated rings. The molecule has 1 saturated heterocycles. The van der Waals surface area contributed by atoms with Crippen LogP contribution in [0.1, 0.15) is 64.7 Å². The topological polar surface area (TPSA) is 144 Å². The predicted octanol–water partition coefficient (Wildman–Crippen LogP) is 14.2. The number of rotatable bonds is 15. The Labute approximate surface area is 401 Å². The first-order valence-corrected chi connectivity index (χ1v) is 53.4. The van der Waals surface area contributed by atoms with E-state index in [1.807, 2.05) is 6.92 Å². The lowest BCUT2D eigenvalue weighted by Crippen LogP contribution is -2.81. The number of fused-ring (bicyclic) bond motifs is 5. The van der Waals surface area contributed by atoms with E-state index < -0.39 is 146 Å². The molecular formula is C31H58O11P20. The molecule has 1 N–H and O–H groups in total. The van der Waals surface area contributed by atoms with Crippen molar-refractivity contribution in [2.24, 2.45) is 22.7 Å². The predicted molar refractivity (Wildman–Crippen MR) is 311 cm³/mol. The molecule has 1 aromatic carbocycles. The minimum absolute atomic E-state index is 0.0244. The van der Waals surface area contributed by atoms with Crippen molar-refractivity contribution in [2.75, 3.05) is 6.61 Å². The molecule has 0 aromatic heterocycles. The largest absolute Gasteiger partial charge is 0.455 e. The summed E-state index contributed by atoms with van der Waals surface area (Å²) < 4.78 is 40.1. The van der Waals surface area contributed by atoms with Gasteiger partial charge in [-0.2, -0.15) is 0 Å². The van der Waals surface area contributed by atoms with Gasteiger partial charge in [0.15, 0.2) is 11.4 Å². The zero-order chi connectivity index (χ0) is 46.6. The van der Waals surface area contributed by atoms with Gasteiger partial charge in [0.05, 0.1) is 50.8 Å². The van der Waals surface area contributed by atoms with Gasteiger partial charge >= 0.3 is 17.9 Å². The second-order valence-electron chi connectivity index (χ2n) is 16.0. The molecule has 348 valence electrons. The molecule has 62 heavy (non-hydrogen) atoms. The van der Waals surface area contributed by atoms with E-state index in [9.17, 15) is 19.5 Å². The second-order valence-corrected chi connectivity index (χ2v) is 87.9. The Hall–Kier alpha value is 5.48. The molecule has 2 bridgehead atoms. The van der Waals surface area contributed by atoms with Crippen LogP contribution in [-0.2, 0) is 42.4 Å². The smallest absolute Gasteiger partial charge is 0.338 e. The molecule has 0 spiro atoms. The molecule has 4 aliphatic rings. The third-order valence-electron chi connectivity index (χ3n) is 12.0. The minimum atomic E-state index is -2.02. The van der Waals surface area contributed by atoms with Crippen LogP contribution in [0.4, 0.5) is 0 Å². The van der Waals surface area contributed by atoms with Crippen molar-refractivity contribution < 1.29 is 52.3 Å². The van der Waals surface area contributed by atoms with Gasteiger partial charge in [-0.05, 0) is 66.6 Å².